The van der Waals surface area contributed by atoms with E-state index >= 15 is 0 Å². The van der Waals surface area contributed by atoms with Crippen molar-refractivity contribution >= 4 is 17.3 Å². The minimum atomic E-state index is -0.810. The largest absolute Gasteiger partial charge is 0.494 e. The third-order valence-electron chi connectivity index (χ3n) is 4.64. The molecule has 0 saturated carbocycles. The van der Waals surface area contributed by atoms with Crippen LogP contribution in [0.25, 0.3) is 0 Å². The maximum atomic E-state index is 13.9. The van der Waals surface area contributed by atoms with Crippen molar-refractivity contribution in [2.24, 2.45) is 0 Å². The molecule has 1 aliphatic heterocycles. The summed E-state index contributed by atoms with van der Waals surface area (Å²) >= 11 is 0. The molecule has 28 heavy (non-hydrogen) atoms. The summed E-state index contributed by atoms with van der Waals surface area (Å²) in [7, 11) is 1.29. The maximum Gasteiger partial charge on any atom is 0.295 e. The Morgan fingerprint density at radius 2 is 1.93 bits per heavy atom. The molecule has 9 heteroatoms. The van der Waals surface area contributed by atoms with Crippen molar-refractivity contribution in [2.45, 2.75) is 6.42 Å². The molecule has 0 radical (unpaired) electrons. The minimum absolute atomic E-state index is 0.0856. The number of benzene rings is 2. The lowest BCUT2D eigenvalue weighted by Gasteiger charge is -2.24. The molecule has 3 rings (SSSR count). The Kier molecular flexibility index (Phi) is 5.72. The monoisotopic (exact) mass is 391 g/mol. The average molecular weight is 391 g/mol. The number of anilines is 1. The van der Waals surface area contributed by atoms with E-state index in [1.807, 2.05) is 0 Å². The third kappa shape index (κ3) is 4.03. The molecule has 2 aromatic carbocycles. The zero-order valence-corrected chi connectivity index (χ0v) is 15.2. The fourth-order valence-corrected chi connectivity index (χ4v) is 3.25. The number of carbonyl (C=O) groups excluding carboxylic acids is 1. The number of hydrogen-bond acceptors (Lipinski definition) is 5. The lowest BCUT2D eigenvalue weighted by atomic mass is 10.2. The molecule has 1 amide bonds. The summed E-state index contributed by atoms with van der Waals surface area (Å²) in [5, 5.41) is 11.4. The van der Waals surface area contributed by atoms with Crippen LogP contribution < -0.4 is 9.64 Å². The molecule has 0 spiro atoms. The van der Waals surface area contributed by atoms with Gasteiger partial charge in [-0.05, 0) is 24.6 Å². The number of carbonyl (C=O) groups is 1. The second-order valence-corrected chi connectivity index (χ2v) is 6.38. The van der Waals surface area contributed by atoms with E-state index in [2.05, 4.69) is 0 Å². The highest BCUT2D eigenvalue weighted by molar-refractivity contribution is 5.94. The van der Waals surface area contributed by atoms with Crippen molar-refractivity contribution in [3.05, 3.63) is 63.7 Å². The molecule has 1 heterocycles. The van der Waals surface area contributed by atoms with E-state index in [1.165, 1.54) is 31.4 Å². The third-order valence-corrected chi connectivity index (χ3v) is 4.64. The molecule has 7 nitrogen and oxygen atoms in total. The van der Waals surface area contributed by atoms with Gasteiger partial charge >= 0.3 is 0 Å². The van der Waals surface area contributed by atoms with E-state index in [1.54, 1.807) is 15.9 Å². The van der Waals surface area contributed by atoms with Crippen LogP contribution in [-0.2, 0) is 0 Å². The Hall–Kier alpha value is -3.23. The second kappa shape index (κ2) is 8.20. The van der Waals surface area contributed by atoms with E-state index < -0.39 is 16.6 Å². The molecule has 0 aliphatic carbocycles. The zero-order chi connectivity index (χ0) is 20.3. The van der Waals surface area contributed by atoms with Gasteiger partial charge in [0.2, 0.25) is 0 Å². The quantitative estimate of drug-likeness (QED) is 0.591. The molecule has 1 aliphatic rings. The van der Waals surface area contributed by atoms with Crippen molar-refractivity contribution in [3.8, 4) is 5.75 Å². The van der Waals surface area contributed by atoms with Gasteiger partial charge in [0.1, 0.15) is 11.5 Å². The number of hydrogen-bond donors (Lipinski definition) is 0. The Morgan fingerprint density at radius 1 is 1.14 bits per heavy atom. The predicted molar refractivity (Wildman–Crippen MR) is 98.7 cm³/mol. The number of rotatable bonds is 4. The van der Waals surface area contributed by atoms with Crippen LogP contribution in [0.3, 0.4) is 0 Å². The van der Waals surface area contributed by atoms with Crippen molar-refractivity contribution < 1.29 is 23.2 Å². The van der Waals surface area contributed by atoms with E-state index in [-0.39, 0.29) is 28.6 Å². The number of nitro benzene ring substituents is 1. The summed E-state index contributed by atoms with van der Waals surface area (Å²) in [6.45, 7) is 1.49. The Bertz CT molecular complexity index is 907. The van der Waals surface area contributed by atoms with Crippen LogP contribution in [0.1, 0.15) is 16.8 Å². The first-order valence-electron chi connectivity index (χ1n) is 8.72. The summed E-state index contributed by atoms with van der Waals surface area (Å²) in [5.41, 5.74) is 0.134. The van der Waals surface area contributed by atoms with Crippen molar-refractivity contribution in [1.29, 1.82) is 0 Å². The number of methoxy groups -OCH3 is 1. The van der Waals surface area contributed by atoms with Gasteiger partial charge in [0.15, 0.2) is 11.6 Å². The molecule has 0 unspecified atom stereocenters. The van der Waals surface area contributed by atoms with Crippen LogP contribution in [0, 0.1) is 21.7 Å². The van der Waals surface area contributed by atoms with Crippen LogP contribution in [0.15, 0.2) is 36.4 Å². The molecule has 0 atom stereocenters. The highest BCUT2D eigenvalue weighted by Crippen LogP contribution is 2.35. The Balaban J connectivity index is 1.82. The van der Waals surface area contributed by atoms with Gasteiger partial charge in [-0.15, -0.1) is 0 Å². The number of nitro groups is 1. The average Bonchev–Trinajstić information content (AvgIpc) is 2.93. The number of ether oxygens (including phenoxy) is 1. The lowest BCUT2D eigenvalue weighted by molar-refractivity contribution is -0.384. The van der Waals surface area contributed by atoms with Gasteiger partial charge in [-0.25, -0.2) is 8.78 Å². The van der Waals surface area contributed by atoms with Crippen LogP contribution in [0.4, 0.5) is 20.2 Å². The van der Waals surface area contributed by atoms with E-state index in [9.17, 15) is 23.7 Å². The zero-order valence-electron chi connectivity index (χ0n) is 15.2. The summed E-state index contributed by atoms with van der Waals surface area (Å²) in [6.07, 6.45) is 0.553. The minimum Gasteiger partial charge on any atom is -0.494 e. The Morgan fingerprint density at radius 3 is 2.61 bits per heavy atom. The smallest absolute Gasteiger partial charge is 0.295 e. The summed E-state index contributed by atoms with van der Waals surface area (Å²) in [4.78, 5) is 26.7. The number of nitrogens with zero attached hydrogens (tertiary/aromatic N) is 3. The summed E-state index contributed by atoms with van der Waals surface area (Å²) in [5.74, 6) is -1.68. The van der Waals surface area contributed by atoms with Gasteiger partial charge in [0.25, 0.3) is 11.6 Å². The normalized spacial score (nSPS) is 14.5. The van der Waals surface area contributed by atoms with Crippen LogP contribution in [0.5, 0.6) is 5.75 Å². The molecule has 0 N–H and O–H groups in total. The number of amides is 1. The first-order chi connectivity index (χ1) is 13.4. The van der Waals surface area contributed by atoms with Crippen LogP contribution in [0.2, 0.25) is 0 Å². The van der Waals surface area contributed by atoms with Crippen molar-refractivity contribution in [1.82, 2.24) is 4.90 Å². The summed E-state index contributed by atoms with van der Waals surface area (Å²) < 4.78 is 32.2. The van der Waals surface area contributed by atoms with Gasteiger partial charge in [-0.2, -0.15) is 0 Å². The Labute approximate surface area is 160 Å². The van der Waals surface area contributed by atoms with Gasteiger partial charge in [0.05, 0.1) is 18.1 Å². The highest BCUT2D eigenvalue weighted by Gasteiger charge is 2.27. The molecule has 2 aromatic rings. The first-order valence-corrected chi connectivity index (χ1v) is 8.72. The predicted octanol–water partition coefficient (Wildman–Crippen LogP) is 3.23. The molecular weight excluding hydrogens is 372 g/mol. The topological polar surface area (TPSA) is 75.9 Å². The molecule has 0 bridgehead atoms. The maximum absolute atomic E-state index is 13.9. The van der Waals surface area contributed by atoms with Crippen molar-refractivity contribution in [3.63, 3.8) is 0 Å². The van der Waals surface area contributed by atoms with Gasteiger partial charge in [-0.3, -0.25) is 14.9 Å². The molecule has 1 fully saturated rings. The first kappa shape index (κ1) is 19.5. The van der Waals surface area contributed by atoms with Gasteiger partial charge in [0, 0.05) is 37.8 Å². The molecular formula is C19H19F2N3O4. The fraction of sp³-hybridized carbons (Fsp3) is 0.316. The second-order valence-electron chi connectivity index (χ2n) is 6.38. The van der Waals surface area contributed by atoms with Crippen LogP contribution in [-0.4, -0.2) is 49.0 Å². The highest BCUT2D eigenvalue weighted by atomic mass is 19.1. The van der Waals surface area contributed by atoms with E-state index in [4.69, 9.17) is 4.74 Å². The molecule has 148 valence electrons. The van der Waals surface area contributed by atoms with Gasteiger partial charge < -0.3 is 14.5 Å². The van der Waals surface area contributed by atoms with E-state index in [0.29, 0.717) is 32.6 Å². The molecule has 0 aromatic heterocycles. The standard InChI is InChI=1S/C19H19F2N3O4/c1-28-18-12-16(17(24(26)27)11-15(18)21)22-6-3-7-23(9-8-22)19(25)13-4-2-5-14(20)10-13/h2,4-5,10-12H,3,6-9H2,1H3. The van der Waals surface area contributed by atoms with Crippen molar-refractivity contribution in [2.75, 3.05) is 38.2 Å². The molecule has 1 saturated heterocycles. The SMILES string of the molecule is COc1cc(N2CCCN(C(=O)c3cccc(F)c3)CC2)c([N+](=O)[O-])cc1F. The fourth-order valence-electron chi connectivity index (χ4n) is 3.25. The summed E-state index contributed by atoms with van der Waals surface area (Å²) in [6, 6.07) is 7.61. The van der Waals surface area contributed by atoms with E-state index in [0.717, 1.165) is 6.07 Å². The lowest BCUT2D eigenvalue weighted by Crippen LogP contribution is -2.35. The number of halogens is 2. The van der Waals surface area contributed by atoms with Crippen LogP contribution >= 0.6 is 0 Å². The van der Waals surface area contributed by atoms with Gasteiger partial charge in [-0.1, -0.05) is 6.07 Å².